The van der Waals surface area contributed by atoms with Crippen LogP contribution in [0.3, 0.4) is 0 Å². The smallest absolute Gasteiger partial charge is 0.277 e. The Morgan fingerprint density at radius 2 is 2.00 bits per heavy atom. The van der Waals surface area contributed by atoms with Gasteiger partial charge < -0.3 is 0 Å². The van der Waals surface area contributed by atoms with Crippen LogP contribution in [-0.4, -0.2) is 29.3 Å². The molecule has 0 radical (unpaired) electrons. The molecule has 2 aliphatic rings. The van der Waals surface area contributed by atoms with Crippen molar-refractivity contribution < 1.29 is 14.4 Å². The third kappa shape index (κ3) is 1.42. The van der Waals surface area contributed by atoms with Gasteiger partial charge in [-0.3, -0.25) is 19.8 Å². The molecule has 4 amide bonds. The maximum atomic E-state index is 12.1. The maximum Gasteiger partial charge on any atom is 0.330 e. The summed E-state index contributed by atoms with van der Waals surface area (Å²) in [5, 5.41) is 2.29. The summed E-state index contributed by atoms with van der Waals surface area (Å²) < 4.78 is 0. The lowest BCUT2D eigenvalue weighted by Gasteiger charge is -2.44. The van der Waals surface area contributed by atoms with Crippen LogP contribution in [0.25, 0.3) is 0 Å². The number of hydrogen-bond acceptors (Lipinski definition) is 3. The van der Waals surface area contributed by atoms with E-state index in [0.29, 0.717) is 19.4 Å². The Labute approximate surface area is 94.2 Å². The van der Waals surface area contributed by atoms with E-state index in [1.807, 2.05) is 6.92 Å². The zero-order chi connectivity index (χ0) is 11.8. The predicted octanol–water partition coefficient (Wildman–Crippen LogP) is 1.04. The summed E-state index contributed by atoms with van der Waals surface area (Å²) in [5.41, 5.74) is -0.915. The van der Waals surface area contributed by atoms with E-state index in [9.17, 15) is 14.4 Å². The second-order valence-electron chi connectivity index (χ2n) is 4.51. The molecule has 2 fully saturated rings. The fraction of sp³-hybridized carbons (Fsp3) is 0.727. The highest BCUT2D eigenvalue weighted by Gasteiger charge is 2.56. The lowest BCUT2D eigenvalue weighted by atomic mass is 9.66. The molecular formula is C11H16N2O3. The van der Waals surface area contributed by atoms with Crippen LogP contribution in [0.1, 0.15) is 39.0 Å². The first-order chi connectivity index (χ1) is 7.62. The van der Waals surface area contributed by atoms with Crippen LogP contribution < -0.4 is 5.32 Å². The molecule has 0 aromatic carbocycles. The summed E-state index contributed by atoms with van der Waals surface area (Å²) in [5.74, 6) is -0.692. The molecule has 1 spiro atoms. The van der Waals surface area contributed by atoms with Crippen molar-refractivity contribution in [2.75, 3.05) is 6.54 Å². The number of nitrogens with zero attached hydrogens (tertiary/aromatic N) is 1. The van der Waals surface area contributed by atoms with E-state index in [2.05, 4.69) is 5.32 Å². The fourth-order valence-corrected chi connectivity index (χ4v) is 2.22. The van der Waals surface area contributed by atoms with Gasteiger partial charge in [-0.05, 0) is 19.3 Å². The Morgan fingerprint density at radius 3 is 2.50 bits per heavy atom. The largest absolute Gasteiger partial charge is 0.330 e. The molecule has 0 aromatic rings. The maximum absolute atomic E-state index is 12.1. The number of carbonyl (C=O) groups is 3. The first-order valence-corrected chi connectivity index (χ1v) is 5.79. The predicted molar refractivity (Wildman–Crippen MR) is 56.4 cm³/mol. The van der Waals surface area contributed by atoms with Gasteiger partial charge in [0.1, 0.15) is 5.41 Å². The number of imide groups is 2. The van der Waals surface area contributed by atoms with Crippen molar-refractivity contribution in [3.63, 3.8) is 0 Å². The number of rotatable bonds is 3. The summed E-state index contributed by atoms with van der Waals surface area (Å²) in [4.78, 5) is 36.5. The molecule has 88 valence electrons. The Hall–Kier alpha value is -1.39. The Kier molecular flexibility index (Phi) is 2.69. The van der Waals surface area contributed by atoms with Gasteiger partial charge in [0.2, 0.25) is 11.8 Å². The zero-order valence-electron chi connectivity index (χ0n) is 9.41. The van der Waals surface area contributed by atoms with Gasteiger partial charge in [0, 0.05) is 6.54 Å². The number of unbranched alkanes of at least 4 members (excludes halogenated alkanes) is 1. The van der Waals surface area contributed by atoms with Crippen molar-refractivity contribution in [1.82, 2.24) is 10.2 Å². The average molecular weight is 224 g/mol. The highest BCUT2D eigenvalue weighted by Crippen LogP contribution is 2.44. The Bertz CT molecular complexity index is 347. The molecule has 0 bridgehead atoms. The number of urea groups is 1. The highest BCUT2D eigenvalue weighted by molar-refractivity contribution is 6.19. The molecule has 0 aromatic heterocycles. The van der Waals surface area contributed by atoms with Gasteiger partial charge in [0.15, 0.2) is 0 Å². The molecule has 1 saturated carbocycles. The van der Waals surface area contributed by atoms with Crippen molar-refractivity contribution in [3.8, 4) is 0 Å². The molecular weight excluding hydrogens is 208 g/mol. The number of barbiturate groups is 1. The van der Waals surface area contributed by atoms with E-state index in [0.717, 1.165) is 19.3 Å². The van der Waals surface area contributed by atoms with E-state index in [1.165, 1.54) is 4.90 Å². The van der Waals surface area contributed by atoms with Gasteiger partial charge in [0.25, 0.3) is 0 Å². The fourth-order valence-electron chi connectivity index (χ4n) is 2.22. The zero-order valence-corrected chi connectivity index (χ0v) is 9.41. The molecule has 0 unspecified atom stereocenters. The van der Waals surface area contributed by atoms with Crippen molar-refractivity contribution >= 4 is 17.8 Å². The minimum absolute atomic E-state index is 0.291. The number of hydrogen-bond donors (Lipinski definition) is 1. The van der Waals surface area contributed by atoms with Crippen molar-refractivity contribution in [2.24, 2.45) is 5.41 Å². The molecule has 1 N–H and O–H groups in total. The van der Waals surface area contributed by atoms with Gasteiger partial charge in [-0.25, -0.2) is 4.79 Å². The average Bonchev–Trinajstić information content (AvgIpc) is 2.15. The minimum atomic E-state index is -0.915. The van der Waals surface area contributed by atoms with E-state index >= 15 is 0 Å². The normalized spacial score (nSPS) is 23.3. The van der Waals surface area contributed by atoms with Crippen molar-refractivity contribution in [2.45, 2.75) is 39.0 Å². The van der Waals surface area contributed by atoms with Crippen LogP contribution in [-0.2, 0) is 9.59 Å². The number of amides is 4. The topological polar surface area (TPSA) is 66.5 Å². The van der Waals surface area contributed by atoms with E-state index in [1.54, 1.807) is 0 Å². The summed E-state index contributed by atoms with van der Waals surface area (Å²) in [7, 11) is 0. The Balaban J connectivity index is 2.16. The van der Waals surface area contributed by atoms with E-state index in [-0.39, 0.29) is 5.91 Å². The third-order valence-corrected chi connectivity index (χ3v) is 3.50. The van der Waals surface area contributed by atoms with Crippen LogP contribution in [0.2, 0.25) is 0 Å². The molecule has 0 atom stereocenters. The monoisotopic (exact) mass is 224 g/mol. The standard InChI is InChI=1S/C11H16N2O3/c1-2-3-7-13-9(15)11(5-4-6-11)8(14)12-10(13)16/h2-7H2,1H3,(H,12,14,16). The van der Waals surface area contributed by atoms with Crippen LogP contribution in [0.15, 0.2) is 0 Å². The molecule has 1 aliphatic carbocycles. The van der Waals surface area contributed by atoms with E-state index < -0.39 is 17.4 Å². The molecule has 5 heteroatoms. The lowest BCUT2D eigenvalue weighted by Crippen LogP contribution is -2.66. The Morgan fingerprint density at radius 1 is 1.31 bits per heavy atom. The quantitative estimate of drug-likeness (QED) is 0.728. The summed E-state index contributed by atoms with van der Waals surface area (Å²) in [6.45, 7) is 2.41. The van der Waals surface area contributed by atoms with Crippen LogP contribution in [0.5, 0.6) is 0 Å². The molecule has 1 aliphatic heterocycles. The van der Waals surface area contributed by atoms with Gasteiger partial charge in [-0.2, -0.15) is 0 Å². The minimum Gasteiger partial charge on any atom is -0.277 e. The van der Waals surface area contributed by atoms with Gasteiger partial charge in [-0.15, -0.1) is 0 Å². The SMILES string of the molecule is CCCCN1C(=O)NC(=O)C2(CCC2)C1=O. The number of nitrogens with one attached hydrogen (secondary N) is 1. The molecule has 2 rings (SSSR count). The lowest BCUT2D eigenvalue weighted by molar-refractivity contribution is -0.157. The molecule has 5 nitrogen and oxygen atoms in total. The molecule has 16 heavy (non-hydrogen) atoms. The first-order valence-electron chi connectivity index (χ1n) is 5.79. The summed E-state index contributed by atoms with van der Waals surface area (Å²) >= 11 is 0. The molecule has 1 saturated heterocycles. The first kappa shape index (κ1) is 11.1. The summed E-state index contributed by atoms with van der Waals surface area (Å²) in [6.07, 6.45) is 3.73. The van der Waals surface area contributed by atoms with Crippen LogP contribution in [0, 0.1) is 5.41 Å². The van der Waals surface area contributed by atoms with Crippen molar-refractivity contribution in [1.29, 1.82) is 0 Å². The van der Waals surface area contributed by atoms with Gasteiger partial charge >= 0.3 is 6.03 Å². The third-order valence-electron chi connectivity index (χ3n) is 3.50. The van der Waals surface area contributed by atoms with E-state index in [4.69, 9.17) is 0 Å². The second kappa shape index (κ2) is 3.88. The summed E-state index contributed by atoms with van der Waals surface area (Å²) in [6, 6.07) is -0.555. The van der Waals surface area contributed by atoms with Gasteiger partial charge in [0.05, 0.1) is 0 Å². The number of carbonyl (C=O) groups excluding carboxylic acids is 3. The second-order valence-corrected chi connectivity index (χ2v) is 4.51. The van der Waals surface area contributed by atoms with Crippen LogP contribution in [0.4, 0.5) is 4.79 Å². The molecule has 1 heterocycles. The van der Waals surface area contributed by atoms with Crippen molar-refractivity contribution in [3.05, 3.63) is 0 Å². The van der Waals surface area contributed by atoms with Crippen LogP contribution >= 0.6 is 0 Å². The highest BCUT2D eigenvalue weighted by atomic mass is 16.2. The van der Waals surface area contributed by atoms with Gasteiger partial charge in [-0.1, -0.05) is 19.8 Å².